The van der Waals surface area contributed by atoms with Gasteiger partial charge in [-0.15, -0.1) is 10.2 Å². The van der Waals surface area contributed by atoms with Crippen LogP contribution in [0.2, 0.25) is 0 Å². The van der Waals surface area contributed by atoms with Gasteiger partial charge in [0, 0.05) is 18.2 Å². The Kier molecular flexibility index (Phi) is 5.98. The Morgan fingerprint density at radius 1 is 0.968 bits per heavy atom. The van der Waals surface area contributed by atoms with Crippen molar-refractivity contribution in [1.29, 1.82) is 0 Å². The van der Waals surface area contributed by atoms with Gasteiger partial charge in [0.15, 0.2) is 0 Å². The number of pyridine rings is 1. The summed E-state index contributed by atoms with van der Waals surface area (Å²) in [7, 11) is 0. The summed E-state index contributed by atoms with van der Waals surface area (Å²) in [5, 5.41) is 17.8. The van der Waals surface area contributed by atoms with Crippen LogP contribution in [0.3, 0.4) is 0 Å². The minimum absolute atomic E-state index is 0.162. The number of amides is 1. The van der Waals surface area contributed by atoms with Gasteiger partial charge in [-0.3, -0.25) is 4.90 Å². The summed E-state index contributed by atoms with van der Waals surface area (Å²) < 4.78 is 19.0. The van der Waals surface area contributed by atoms with Crippen LogP contribution in [0.4, 0.5) is 15.0 Å². The first-order valence-electron chi connectivity index (χ1n) is 9.66. The van der Waals surface area contributed by atoms with Crippen LogP contribution >= 0.6 is 0 Å². The Labute approximate surface area is 177 Å². The highest BCUT2D eigenvalue weighted by Crippen LogP contribution is 2.24. The molecule has 31 heavy (non-hydrogen) atoms. The lowest BCUT2D eigenvalue weighted by molar-refractivity contribution is 0.201. The molecular formula is C23H19FN4O3. The number of anilines is 1. The van der Waals surface area contributed by atoms with Crippen LogP contribution in [0.25, 0.3) is 11.5 Å². The van der Waals surface area contributed by atoms with Gasteiger partial charge in [-0.05, 0) is 41.8 Å². The number of nitrogens with zero attached hydrogens (tertiary/aromatic N) is 4. The normalized spacial score (nSPS) is 10.7. The highest BCUT2D eigenvalue weighted by Gasteiger charge is 2.18. The van der Waals surface area contributed by atoms with Gasteiger partial charge < -0.3 is 9.52 Å². The summed E-state index contributed by atoms with van der Waals surface area (Å²) >= 11 is 0. The number of aromatic nitrogens is 3. The van der Waals surface area contributed by atoms with Gasteiger partial charge in [0.1, 0.15) is 11.6 Å². The largest absolute Gasteiger partial charge is 0.465 e. The molecule has 0 saturated heterocycles. The maximum absolute atomic E-state index is 13.3. The van der Waals surface area contributed by atoms with E-state index in [4.69, 9.17) is 4.42 Å². The van der Waals surface area contributed by atoms with E-state index in [-0.39, 0.29) is 24.1 Å². The lowest BCUT2D eigenvalue weighted by Crippen LogP contribution is -2.29. The van der Waals surface area contributed by atoms with Crippen molar-refractivity contribution in [3.05, 3.63) is 95.8 Å². The van der Waals surface area contributed by atoms with E-state index in [0.717, 1.165) is 16.0 Å². The van der Waals surface area contributed by atoms with Gasteiger partial charge in [0.05, 0.1) is 6.54 Å². The molecular weight excluding hydrogens is 399 g/mol. The molecule has 2 aromatic heterocycles. The van der Waals surface area contributed by atoms with Crippen molar-refractivity contribution in [1.82, 2.24) is 15.2 Å². The van der Waals surface area contributed by atoms with Crippen LogP contribution in [-0.2, 0) is 19.4 Å². The third-order valence-corrected chi connectivity index (χ3v) is 4.67. The SMILES string of the molecule is O=C(O)N(Cc1ccccc1)c1cc(-c2nnc(CCc3cccc(F)c3)o2)ccn1. The number of hydrogen-bond acceptors (Lipinski definition) is 5. The predicted molar refractivity (Wildman–Crippen MR) is 112 cm³/mol. The molecule has 2 heterocycles. The van der Waals surface area contributed by atoms with Gasteiger partial charge in [-0.2, -0.15) is 0 Å². The summed E-state index contributed by atoms with van der Waals surface area (Å²) in [4.78, 5) is 17.2. The lowest BCUT2D eigenvalue weighted by Gasteiger charge is -2.18. The number of aryl methyl sites for hydroxylation is 2. The van der Waals surface area contributed by atoms with E-state index >= 15 is 0 Å². The fourth-order valence-electron chi connectivity index (χ4n) is 3.13. The highest BCUT2D eigenvalue weighted by molar-refractivity contribution is 5.85. The molecule has 4 rings (SSSR count). The number of hydrogen-bond donors (Lipinski definition) is 1. The Hall–Kier alpha value is -4.07. The van der Waals surface area contributed by atoms with E-state index in [2.05, 4.69) is 15.2 Å². The number of carbonyl (C=O) groups is 1. The summed E-state index contributed by atoms with van der Waals surface area (Å²) in [6, 6.07) is 18.9. The van der Waals surface area contributed by atoms with Crippen LogP contribution in [0.5, 0.6) is 0 Å². The number of halogens is 1. The van der Waals surface area contributed by atoms with Crippen molar-refractivity contribution in [3.63, 3.8) is 0 Å². The molecule has 0 atom stereocenters. The highest BCUT2D eigenvalue weighted by atomic mass is 19.1. The summed E-state index contributed by atoms with van der Waals surface area (Å²) in [5.41, 5.74) is 2.24. The van der Waals surface area contributed by atoms with Crippen LogP contribution in [0.15, 0.2) is 77.3 Å². The van der Waals surface area contributed by atoms with Crippen molar-refractivity contribution in [2.75, 3.05) is 4.90 Å². The number of rotatable bonds is 7. The molecule has 1 amide bonds. The molecule has 0 fully saturated rings. The zero-order valence-corrected chi connectivity index (χ0v) is 16.5. The van der Waals surface area contributed by atoms with Crippen molar-refractivity contribution in [2.24, 2.45) is 0 Å². The van der Waals surface area contributed by atoms with E-state index < -0.39 is 6.09 Å². The van der Waals surface area contributed by atoms with Crippen LogP contribution < -0.4 is 4.90 Å². The van der Waals surface area contributed by atoms with Gasteiger partial charge in [-0.1, -0.05) is 42.5 Å². The van der Waals surface area contributed by atoms with E-state index in [1.54, 1.807) is 18.2 Å². The molecule has 1 N–H and O–H groups in total. The maximum atomic E-state index is 13.3. The van der Waals surface area contributed by atoms with Crippen LogP contribution in [0.1, 0.15) is 17.0 Å². The summed E-state index contributed by atoms with van der Waals surface area (Å²) in [6.07, 6.45) is 1.41. The van der Waals surface area contributed by atoms with Gasteiger partial charge in [-0.25, -0.2) is 14.2 Å². The van der Waals surface area contributed by atoms with Crippen molar-refractivity contribution in [3.8, 4) is 11.5 Å². The Balaban J connectivity index is 1.50. The molecule has 0 bridgehead atoms. The molecule has 0 radical (unpaired) electrons. The van der Waals surface area contributed by atoms with Crippen molar-refractivity contribution < 1.29 is 18.7 Å². The fraction of sp³-hybridized carbons (Fsp3) is 0.130. The first-order chi connectivity index (χ1) is 15.1. The van der Waals surface area contributed by atoms with E-state index in [1.165, 1.54) is 18.3 Å². The van der Waals surface area contributed by atoms with Crippen LogP contribution in [-0.4, -0.2) is 26.4 Å². The van der Waals surface area contributed by atoms with Gasteiger partial charge in [0.2, 0.25) is 11.8 Å². The Morgan fingerprint density at radius 3 is 2.55 bits per heavy atom. The van der Waals surface area contributed by atoms with Crippen molar-refractivity contribution >= 4 is 11.9 Å². The topological polar surface area (TPSA) is 92.3 Å². The third-order valence-electron chi connectivity index (χ3n) is 4.67. The number of carboxylic acid groups (broad SMARTS) is 1. The van der Waals surface area contributed by atoms with Crippen molar-refractivity contribution in [2.45, 2.75) is 19.4 Å². The predicted octanol–water partition coefficient (Wildman–Crippen LogP) is 4.74. The molecule has 7 nitrogen and oxygen atoms in total. The zero-order chi connectivity index (χ0) is 21.6. The molecule has 8 heteroatoms. The molecule has 4 aromatic rings. The van der Waals surface area contributed by atoms with Crippen LogP contribution in [0, 0.1) is 5.82 Å². The van der Waals surface area contributed by atoms with Gasteiger partial charge in [0.25, 0.3) is 0 Å². The van der Waals surface area contributed by atoms with E-state index in [9.17, 15) is 14.3 Å². The zero-order valence-electron chi connectivity index (χ0n) is 16.5. The lowest BCUT2D eigenvalue weighted by atomic mass is 10.1. The monoisotopic (exact) mass is 418 g/mol. The molecule has 156 valence electrons. The Bertz CT molecular complexity index is 1180. The molecule has 0 aliphatic carbocycles. The van der Waals surface area contributed by atoms with E-state index in [0.29, 0.717) is 24.3 Å². The minimum Gasteiger partial charge on any atom is -0.465 e. The first kappa shape index (κ1) is 20.2. The second kappa shape index (κ2) is 9.17. The second-order valence-corrected chi connectivity index (χ2v) is 6.89. The quantitative estimate of drug-likeness (QED) is 0.466. The van der Waals surface area contributed by atoms with Gasteiger partial charge >= 0.3 is 6.09 Å². The standard InChI is InChI=1S/C23H19FN4O3/c24-19-8-4-7-16(13-19)9-10-21-26-27-22(31-21)18-11-12-25-20(14-18)28(23(29)30)15-17-5-2-1-3-6-17/h1-8,11-14H,9-10,15H2,(H,29,30). The molecule has 0 spiro atoms. The second-order valence-electron chi connectivity index (χ2n) is 6.89. The maximum Gasteiger partial charge on any atom is 0.413 e. The Morgan fingerprint density at radius 2 is 1.77 bits per heavy atom. The fourth-order valence-corrected chi connectivity index (χ4v) is 3.13. The average Bonchev–Trinajstić information content (AvgIpc) is 3.26. The average molecular weight is 418 g/mol. The molecule has 0 unspecified atom stereocenters. The molecule has 0 aliphatic rings. The summed E-state index contributed by atoms with van der Waals surface area (Å²) in [5.74, 6) is 0.653. The number of benzene rings is 2. The third kappa shape index (κ3) is 5.11. The minimum atomic E-state index is -1.12. The smallest absolute Gasteiger partial charge is 0.413 e. The molecule has 2 aromatic carbocycles. The summed E-state index contributed by atoms with van der Waals surface area (Å²) in [6.45, 7) is 0.162. The van der Waals surface area contributed by atoms with E-state index in [1.807, 2.05) is 36.4 Å². The first-order valence-corrected chi connectivity index (χ1v) is 9.66. The molecule has 0 aliphatic heterocycles. The molecule has 0 saturated carbocycles.